The van der Waals surface area contributed by atoms with Crippen molar-refractivity contribution in [3.8, 4) is 0 Å². The maximum atomic E-state index is 12.4. The highest BCUT2D eigenvalue weighted by molar-refractivity contribution is 7.99. The highest BCUT2D eigenvalue weighted by Gasteiger charge is 2.53. The van der Waals surface area contributed by atoms with Gasteiger partial charge in [0.05, 0.1) is 58.5 Å². The average molecular weight is 959 g/mol. The Morgan fingerprint density at radius 1 is 0.386 bits per heavy atom. The van der Waals surface area contributed by atoms with Crippen LogP contribution >= 0.6 is 11.8 Å². The summed E-state index contributed by atoms with van der Waals surface area (Å²) in [6.45, 7) is 1.97. The van der Waals surface area contributed by atoms with E-state index in [1.54, 1.807) is 11.8 Å². The van der Waals surface area contributed by atoms with E-state index in [1.165, 1.54) is 0 Å². The van der Waals surface area contributed by atoms with E-state index in [0.29, 0.717) is 13.2 Å². The van der Waals surface area contributed by atoms with Gasteiger partial charge in [0.15, 0.2) is 0 Å². The summed E-state index contributed by atoms with van der Waals surface area (Å²) in [5.74, 6) is 0. The molecule has 2 fully saturated rings. The Morgan fingerprint density at radius 2 is 0.729 bits per heavy atom. The standard InChI is InChI=1S/C60H62O9S/c61-51-36-52(55(64-39-46-26-12-3-13-27-46)57(65-40-47-28-14-4-15-29-47)54(51)63-38-45-24-10-2-11-25-45)68-56-53(43-62-37-44-22-8-1-9-23-44)69-60(70-50-34-20-7-21-35-50)59(67-42-49-32-18-6-19-33-49)58(56)66-41-48-30-16-5-17-31-48/h1-35,51-61H,36-43H2/t51-,52+,53-,54-,55+,56-,57+,58+,59-,60+/m1/s1. The Balaban J connectivity index is 1.10. The second kappa shape index (κ2) is 26.1. The molecule has 10 atom stereocenters. The lowest BCUT2D eigenvalue weighted by molar-refractivity contribution is -0.292. The van der Waals surface area contributed by atoms with Gasteiger partial charge in [-0.15, -0.1) is 0 Å². The summed E-state index contributed by atoms with van der Waals surface area (Å²) < 4.78 is 56.2. The number of ether oxygens (including phenoxy) is 8. The Labute approximate surface area is 416 Å². The summed E-state index contributed by atoms with van der Waals surface area (Å²) in [7, 11) is 0. The van der Waals surface area contributed by atoms with Crippen LogP contribution in [-0.4, -0.2) is 72.1 Å². The number of aliphatic hydroxyl groups is 1. The lowest BCUT2D eigenvalue weighted by Crippen LogP contribution is -2.64. The molecular formula is C60H62O9S. The van der Waals surface area contributed by atoms with Crippen molar-refractivity contribution >= 4 is 11.8 Å². The zero-order chi connectivity index (χ0) is 47.6. The van der Waals surface area contributed by atoms with Crippen LogP contribution in [-0.2, 0) is 77.5 Å². The zero-order valence-electron chi connectivity index (χ0n) is 39.3. The third-order valence-electron chi connectivity index (χ3n) is 12.6. The predicted octanol–water partition coefficient (Wildman–Crippen LogP) is 11.2. The molecular weight excluding hydrogens is 897 g/mol. The van der Waals surface area contributed by atoms with E-state index in [2.05, 4.69) is 36.4 Å². The van der Waals surface area contributed by atoms with Gasteiger partial charge >= 0.3 is 0 Å². The molecule has 1 saturated carbocycles. The van der Waals surface area contributed by atoms with E-state index in [4.69, 9.17) is 37.9 Å². The molecule has 70 heavy (non-hydrogen) atoms. The molecule has 7 aromatic carbocycles. The van der Waals surface area contributed by atoms with Crippen LogP contribution in [0.5, 0.6) is 0 Å². The maximum Gasteiger partial charge on any atom is 0.137 e. The SMILES string of the molecule is O[C@@H]1C[C@H](O[C@H]2[C@H](OCc3ccccc3)[C@@H](OCc3ccccc3)[C@H](Sc3ccccc3)O[C@@H]2COCc2ccccc2)[C@H](OCc2ccccc2)[C@@H](OCc2ccccc2)[C@@H]1OCc1ccccc1. The molecule has 1 heterocycles. The van der Waals surface area contributed by atoms with Crippen LogP contribution in [0.2, 0.25) is 0 Å². The monoisotopic (exact) mass is 958 g/mol. The number of aliphatic hydroxyl groups excluding tert-OH is 1. The second-order valence-electron chi connectivity index (χ2n) is 17.7. The van der Waals surface area contributed by atoms with Crippen LogP contribution in [0, 0.1) is 0 Å². The summed E-state index contributed by atoms with van der Waals surface area (Å²) in [5.41, 5.74) is 5.48. The van der Waals surface area contributed by atoms with E-state index in [-0.39, 0.29) is 39.5 Å². The Kier molecular flexibility index (Phi) is 18.5. The Bertz CT molecular complexity index is 2510. The van der Waals surface area contributed by atoms with E-state index in [9.17, 15) is 5.11 Å². The average Bonchev–Trinajstić information content (AvgIpc) is 3.41. The molecule has 1 aliphatic carbocycles. The number of hydrogen-bond donors (Lipinski definition) is 1. The molecule has 1 aliphatic heterocycles. The molecule has 10 heteroatoms. The van der Waals surface area contributed by atoms with Crippen molar-refractivity contribution in [2.45, 2.75) is 111 Å². The lowest BCUT2D eigenvalue weighted by atomic mass is 9.85. The van der Waals surface area contributed by atoms with Crippen molar-refractivity contribution in [2.75, 3.05) is 6.61 Å². The van der Waals surface area contributed by atoms with Gasteiger partial charge in [0.25, 0.3) is 0 Å². The van der Waals surface area contributed by atoms with Crippen LogP contribution in [0.3, 0.4) is 0 Å². The van der Waals surface area contributed by atoms with Gasteiger partial charge < -0.3 is 43.0 Å². The van der Waals surface area contributed by atoms with Crippen LogP contribution in [0.25, 0.3) is 0 Å². The van der Waals surface area contributed by atoms with Crippen molar-refractivity contribution in [3.05, 3.63) is 246 Å². The van der Waals surface area contributed by atoms with Crippen LogP contribution in [0.4, 0.5) is 0 Å². The molecule has 9 nitrogen and oxygen atoms in total. The number of hydrogen-bond acceptors (Lipinski definition) is 10. The zero-order valence-corrected chi connectivity index (χ0v) is 40.1. The van der Waals surface area contributed by atoms with Gasteiger partial charge in [0, 0.05) is 11.3 Å². The molecule has 362 valence electrons. The van der Waals surface area contributed by atoms with Gasteiger partial charge in [-0.1, -0.05) is 212 Å². The molecule has 9 rings (SSSR count). The summed E-state index contributed by atoms with van der Waals surface area (Å²) in [5, 5.41) is 12.4. The quantitative estimate of drug-likeness (QED) is 0.0668. The number of thioether (sulfide) groups is 1. The number of rotatable bonds is 23. The largest absolute Gasteiger partial charge is 0.390 e. The summed E-state index contributed by atoms with van der Waals surface area (Å²) in [6, 6.07) is 70.7. The molecule has 0 radical (unpaired) electrons. The van der Waals surface area contributed by atoms with Crippen LogP contribution in [0.1, 0.15) is 39.8 Å². The van der Waals surface area contributed by atoms with E-state index < -0.39 is 60.4 Å². The molecule has 1 saturated heterocycles. The molecule has 1 N–H and O–H groups in total. The number of benzene rings is 7. The van der Waals surface area contributed by atoms with Crippen molar-refractivity contribution < 1.29 is 43.0 Å². The van der Waals surface area contributed by atoms with Crippen LogP contribution < -0.4 is 0 Å². The molecule has 0 aromatic heterocycles. The van der Waals surface area contributed by atoms with Gasteiger partial charge in [-0.05, 0) is 45.5 Å². The van der Waals surface area contributed by atoms with E-state index in [0.717, 1.165) is 38.3 Å². The molecule has 0 unspecified atom stereocenters. The minimum atomic E-state index is -0.987. The third kappa shape index (κ3) is 14.1. The van der Waals surface area contributed by atoms with Gasteiger partial charge in [0.2, 0.25) is 0 Å². The first-order chi connectivity index (χ1) is 34.6. The highest BCUT2D eigenvalue weighted by Crippen LogP contribution is 2.41. The van der Waals surface area contributed by atoms with Gasteiger partial charge in [0.1, 0.15) is 48.2 Å². The predicted molar refractivity (Wildman–Crippen MR) is 271 cm³/mol. The lowest BCUT2D eigenvalue weighted by Gasteiger charge is -2.50. The van der Waals surface area contributed by atoms with Crippen molar-refractivity contribution in [3.63, 3.8) is 0 Å². The fourth-order valence-electron chi connectivity index (χ4n) is 9.03. The minimum Gasteiger partial charge on any atom is -0.390 e. The summed E-state index contributed by atoms with van der Waals surface area (Å²) >= 11 is 1.59. The Hall–Kier alpha value is -5.47. The normalized spacial score (nSPS) is 24.5. The molecule has 0 spiro atoms. The van der Waals surface area contributed by atoms with Crippen molar-refractivity contribution in [1.29, 1.82) is 0 Å². The van der Waals surface area contributed by atoms with Crippen molar-refractivity contribution in [1.82, 2.24) is 0 Å². The maximum absolute atomic E-state index is 12.4. The second-order valence-corrected chi connectivity index (χ2v) is 18.9. The molecule has 7 aromatic rings. The third-order valence-corrected chi connectivity index (χ3v) is 13.8. The summed E-state index contributed by atoms with van der Waals surface area (Å²) in [4.78, 5) is 1.02. The topological polar surface area (TPSA) is 94.1 Å². The van der Waals surface area contributed by atoms with E-state index in [1.807, 2.05) is 176 Å². The van der Waals surface area contributed by atoms with Crippen LogP contribution in [0.15, 0.2) is 217 Å². The Morgan fingerprint density at radius 3 is 1.16 bits per heavy atom. The highest BCUT2D eigenvalue weighted by atomic mass is 32.2. The van der Waals surface area contributed by atoms with Crippen molar-refractivity contribution in [2.24, 2.45) is 0 Å². The fourth-order valence-corrected chi connectivity index (χ4v) is 10.2. The smallest absolute Gasteiger partial charge is 0.137 e. The minimum absolute atomic E-state index is 0.182. The first-order valence-corrected chi connectivity index (χ1v) is 25.1. The van der Waals surface area contributed by atoms with E-state index >= 15 is 0 Å². The first kappa shape index (κ1) is 49.5. The molecule has 2 aliphatic rings. The summed E-state index contributed by atoms with van der Waals surface area (Å²) in [6.07, 6.45) is -6.49. The van der Waals surface area contributed by atoms with Gasteiger partial charge in [-0.3, -0.25) is 0 Å². The molecule has 0 bridgehead atoms. The molecule has 0 amide bonds. The van der Waals surface area contributed by atoms with Gasteiger partial charge in [-0.2, -0.15) is 0 Å². The first-order valence-electron chi connectivity index (χ1n) is 24.2. The van der Waals surface area contributed by atoms with Gasteiger partial charge in [-0.25, -0.2) is 0 Å². The fraction of sp³-hybridized carbons (Fsp3) is 0.300.